The van der Waals surface area contributed by atoms with Crippen molar-refractivity contribution in [2.45, 2.75) is 27.4 Å². The summed E-state index contributed by atoms with van der Waals surface area (Å²) in [5, 5.41) is 0. The first-order valence-corrected chi connectivity index (χ1v) is 5.25. The zero-order chi connectivity index (χ0) is 12.2. The van der Waals surface area contributed by atoms with Gasteiger partial charge in [-0.2, -0.15) is 0 Å². The highest BCUT2D eigenvalue weighted by Crippen LogP contribution is 2.15. The molecular weight excluding hydrogens is 207 g/mol. The molecule has 0 aromatic heterocycles. The Kier molecular flexibility index (Phi) is 4.19. The van der Waals surface area contributed by atoms with Crippen LogP contribution in [0.4, 0.5) is 4.39 Å². The summed E-state index contributed by atoms with van der Waals surface area (Å²) in [5.74, 6) is -0.283. The van der Waals surface area contributed by atoms with Gasteiger partial charge in [0, 0.05) is 11.0 Å². The third-order valence-corrected chi connectivity index (χ3v) is 2.29. The quantitative estimate of drug-likeness (QED) is 0.786. The SMILES string of the molecule is CC(C)(C)C(=O)COCc1ccccc1F. The maximum absolute atomic E-state index is 13.2. The van der Waals surface area contributed by atoms with Crippen molar-refractivity contribution >= 4 is 5.78 Å². The van der Waals surface area contributed by atoms with Crippen LogP contribution in [-0.2, 0) is 16.1 Å². The minimum atomic E-state index is -0.408. The first kappa shape index (κ1) is 12.8. The van der Waals surface area contributed by atoms with Gasteiger partial charge in [0.2, 0.25) is 0 Å². The number of Topliss-reactive ketones (excluding diaryl/α,β-unsaturated/α-hetero) is 1. The minimum Gasteiger partial charge on any atom is -0.369 e. The molecule has 0 spiro atoms. The Morgan fingerprint density at radius 1 is 1.31 bits per heavy atom. The zero-order valence-electron chi connectivity index (χ0n) is 9.92. The monoisotopic (exact) mass is 224 g/mol. The number of benzene rings is 1. The highest BCUT2D eigenvalue weighted by atomic mass is 19.1. The molecule has 88 valence electrons. The number of hydrogen-bond acceptors (Lipinski definition) is 2. The highest BCUT2D eigenvalue weighted by molar-refractivity contribution is 5.84. The fourth-order valence-electron chi connectivity index (χ4n) is 1.09. The van der Waals surface area contributed by atoms with Crippen LogP contribution in [0.1, 0.15) is 26.3 Å². The molecular formula is C13H17FO2. The largest absolute Gasteiger partial charge is 0.369 e. The Bertz CT molecular complexity index is 366. The van der Waals surface area contributed by atoms with Crippen molar-refractivity contribution in [1.82, 2.24) is 0 Å². The van der Waals surface area contributed by atoms with E-state index in [-0.39, 0.29) is 24.8 Å². The van der Waals surface area contributed by atoms with Crippen molar-refractivity contribution in [3.8, 4) is 0 Å². The smallest absolute Gasteiger partial charge is 0.163 e. The molecule has 2 nitrogen and oxygen atoms in total. The lowest BCUT2D eigenvalue weighted by Gasteiger charge is -2.16. The van der Waals surface area contributed by atoms with Gasteiger partial charge < -0.3 is 4.74 Å². The molecule has 0 bridgehead atoms. The van der Waals surface area contributed by atoms with E-state index in [1.165, 1.54) is 6.07 Å². The van der Waals surface area contributed by atoms with Crippen LogP contribution < -0.4 is 0 Å². The van der Waals surface area contributed by atoms with Crippen LogP contribution >= 0.6 is 0 Å². The van der Waals surface area contributed by atoms with Crippen LogP contribution in [0.3, 0.4) is 0 Å². The first-order valence-electron chi connectivity index (χ1n) is 5.25. The molecule has 0 amide bonds. The van der Waals surface area contributed by atoms with Crippen LogP contribution in [-0.4, -0.2) is 12.4 Å². The predicted octanol–water partition coefficient (Wildman–Crippen LogP) is 2.96. The average Bonchev–Trinajstić information content (AvgIpc) is 2.19. The van der Waals surface area contributed by atoms with Crippen molar-refractivity contribution in [2.24, 2.45) is 5.41 Å². The summed E-state index contributed by atoms with van der Waals surface area (Å²) in [6, 6.07) is 6.40. The lowest BCUT2D eigenvalue weighted by atomic mass is 9.91. The Morgan fingerprint density at radius 3 is 2.50 bits per heavy atom. The first-order chi connectivity index (χ1) is 7.41. The summed E-state index contributed by atoms with van der Waals surface area (Å²) in [7, 11) is 0. The van der Waals surface area contributed by atoms with Gasteiger partial charge in [0.15, 0.2) is 5.78 Å². The van der Waals surface area contributed by atoms with E-state index in [9.17, 15) is 9.18 Å². The molecule has 0 fully saturated rings. The van der Waals surface area contributed by atoms with Crippen LogP contribution in [0.15, 0.2) is 24.3 Å². The normalized spacial score (nSPS) is 11.5. The fraction of sp³-hybridized carbons (Fsp3) is 0.462. The van der Waals surface area contributed by atoms with Gasteiger partial charge >= 0.3 is 0 Å². The van der Waals surface area contributed by atoms with Crippen molar-refractivity contribution < 1.29 is 13.9 Å². The van der Waals surface area contributed by atoms with E-state index in [0.717, 1.165) is 0 Å². The van der Waals surface area contributed by atoms with E-state index in [0.29, 0.717) is 5.56 Å². The third-order valence-electron chi connectivity index (χ3n) is 2.29. The van der Waals surface area contributed by atoms with E-state index in [1.54, 1.807) is 18.2 Å². The summed E-state index contributed by atoms with van der Waals surface area (Å²) in [5.41, 5.74) is 0.0686. The topological polar surface area (TPSA) is 26.3 Å². The lowest BCUT2D eigenvalue weighted by Crippen LogP contribution is -2.24. The molecule has 0 aliphatic carbocycles. The molecule has 1 aromatic carbocycles. The van der Waals surface area contributed by atoms with E-state index in [1.807, 2.05) is 20.8 Å². The molecule has 0 N–H and O–H groups in total. The van der Waals surface area contributed by atoms with Gasteiger partial charge in [-0.15, -0.1) is 0 Å². The summed E-state index contributed by atoms with van der Waals surface area (Å²) < 4.78 is 18.4. The molecule has 0 aliphatic rings. The van der Waals surface area contributed by atoms with Crippen molar-refractivity contribution in [3.05, 3.63) is 35.6 Å². The summed E-state index contributed by atoms with van der Waals surface area (Å²) >= 11 is 0. The van der Waals surface area contributed by atoms with Gasteiger partial charge in [0.25, 0.3) is 0 Å². The molecule has 3 heteroatoms. The number of halogens is 1. The van der Waals surface area contributed by atoms with Crippen LogP contribution in [0, 0.1) is 11.2 Å². The van der Waals surface area contributed by atoms with Gasteiger partial charge in [-0.1, -0.05) is 39.0 Å². The molecule has 1 rings (SSSR count). The molecule has 1 aromatic rings. The Balaban J connectivity index is 2.43. The van der Waals surface area contributed by atoms with Crippen molar-refractivity contribution in [3.63, 3.8) is 0 Å². The molecule has 0 atom stereocenters. The minimum absolute atomic E-state index is 0.0174. The summed E-state index contributed by atoms with van der Waals surface area (Å²) in [6.07, 6.45) is 0. The van der Waals surface area contributed by atoms with Crippen molar-refractivity contribution in [2.75, 3.05) is 6.61 Å². The van der Waals surface area contributed by atoms with Crippen LogP contribution in [0.2, 0.25) is 0 Å². The Labute approximate surface area is 95.4 Å². The fourth-order valence-corrected chi connectivity index (χ4v) is 1.09. The number of hydrogen-bond donors (Lipinski definition) is 0. The van der Waals surface area contributed by atoms with Gasteiger partial charge in [0.1, 0.15) is 12.4 Å². The van der Waals surface area contributed by atoms with Gasteiger partial charge in [-0.3, -0.25) is 4.79 Å². The van der Waals surface area contributed by atoms with Gasteiger partial charge in [-0.25, -0.2) is 4.39 Å². The van der Waals surface area contributed by atoms with E-state index in [4.69, 9.17) is 4.74 Å². The number of ether oxygens (including phenoxy) is 1. The number of rotatable bonds is 4. The molecule has 0 aliphatic heterocycles. The maximum Gasteiger partial charge on any atom is 0.163 e. The second-order valence-electron chi connectivity index (χ2n) is 4.76. The second kappa shape index (κ2) is 5.21. The standard InChI is InChI=1S/C13H17FO2/c1-13(2,3)12(15)9-16-8-10-6-4-5-7-11(10)14/h4-7H,8-9H2,1-3H3. The van der Waals surface area contributed by atoms with E-state index >= 15 is 0 Å². The van der Waals surface area contributed by atoms with Crippen molar-refractivity contribution in [1.29, 1.82) is 0 Å². The number of carbonyl (C=O) groups excluding carboxylic acids is 1. The zero-order valence-corrected chi connectivity index (χ0v) is 9.92. The number of ketones is 1. The number of carbonyl (C=O) groups is 1. The Morgan fingerprint density at radius 2 is 1.94 bits per heavy atom. The molecule has 0 saturated heterocycles. The summed E-state index contributed by atoms with van der Waals surface area (Å²) in [4.78, 5) is 11.5. The predicted molar refractivity (Wildman–Crippen MR) is 60.5 cm³/mol. The molecule has 0 saturated carbocycles. The molecule has 16 heavy (non-hydrogen) atoms. The van der Waals surface area contributed by atoms with Gasteiger partial charge in [0.05, 0.1) is 6.61 Å². The van der Waals surface area contributed by atoms with Gasteiger partial charge in [-0.05, 0) is 6.07 Å². The van der Waals surface area contributed by atoms with Crippen LogP contribution in [0.5, 0.6) is 0 Å². The second-order valence-corrected chi connectivity index (χ2v) is 4.76. The Hall–Kier alpha value is -1.22. The molecule has 0 unspecified atom stereocenters. The third kappa shape index (κ3) is 3.74. The van der Waals surface area contributed by atoms with E-state index < -0.39 is 5.41 Å². The summed E-state index contributed by atoms with van der Waals surface area (Å²) in [6.45, 7) is 5.66. The molecule has 0 heterocycles. The van der Waals surface area contributed by atoms with Crippen LogP contribution in [0.25, 0.3) is 0 Å². The maximum atomic E-state index is 13.2. The molecule has 0 radical (unpaired) electrons. The highest BCUT2D eigenvalue weighted by Gasteiger charge is 2.20. The lowest BCUT2D eigenvalue weighted by molar-refractivity contribution is -0.131. The van der Waals surface area contributed by atoms with E-state index in [2.05, 4.69) is 0 Å². The average molecular weight is 224 g/mol.